The molecule has 2 aliphatic heterocycles. The molecule has 2 aliphatic rings. The third kappa shape index (κ3) is 2.80. The zero-order chi connectivity index (χ0) is 22.9. The number of alkyl halides is 1. The van der Waals surface area contributed by atoms with Crippen molar-refractivity contribution in [2.24, 2.45) is 5.73 Å². The average Bonchev–Trinajstić information content (AvgIpc) is 3.52. The Kier molecular flexibility index (Phi) is 4.28. The minimum atomic E-state index is -0.507. The van der Waals surface area contributed by atoms with E-state index in [1.54, 1.807) is 17.0 Å². The lowest BCUT2D eigenvalue weighted by molar-refractivity contribution is 0.0979. The molecule has 0 spiro atoms. The van der Waals surface area contributed by atoms with Gasteiger partial charge in [-0.25, -0.2) is 9.78 Å². The van der Waals surface area contributed by atoms with Crippen LogP contribution >= 0.6 is 11.6 Å². The zero-order valence-electron chi connectivity index (χ0n) is 17.5. The van der Waals surface area contributed by atoms with Crippen molar-refractivity contribution in [1.82, 2.24) is 9.97 Å². The monoisotopic (exact) mass is 461 g/mol. The maximum Gasteiger partial charge on any atom is 0.319 e. The molecule has 0 saturated carbocycles. The number of aromatic nitrogens is 2. The van der Waals surface area contributed by atoms with Crippen molar-refractivity contribution < 1.29 is 14.7 Å². The largest absolute Gasteiger partial charge is 0.507 e. The van der Waals surface area contributed by atoms with E-state index >= 15 is 0 Å². The number of benzene rings is 3. The van der Waals surface area contributed by atoms with Crippen LogP contribution in [0.4, 0.5) is 16.2 Å². The summed E-state index contributed by atoms with van der Waals surface area (Å²) < 4.78 is 0. The predicted molar refractivity (Wildman–Crippen MR) is 127 cm³/mol. The van der Waals surface area contributed by atoms with Crippen molar-refractivity contribution in [2.75, 3.05) is 28.8 Å². The number of nitrogens with two attached hydrogens (primary N) is 1. The van der Waals surface area contributed by atoms with Crippen LogP contribution in [0.25, 0.3) is 21.8 Å². The molecule has 0 fully saturated rings. The molecule has 6 rings (SSSR count). The summed E-state index contributed by atoms with van der Waals surface area (Å²) in [5, 5.41) is 12.2. The van der Waals surface area contributed by atoms with Crippen LogP contribution in [0.1, 0.15) is 27.7 Å². The normalized spacial score (nSPS) is 17.1. The summed E-state index contributed by atoms with van der Waals surface area (Å²) in [5.41, 5.74) is 10.1. The third-order valence-corrected chi connectivity index (χ3v) is 7.03. The molecule has 1 aromatic heterocycles. The van der Waals surface area contributed by atoms with E-state index in [0.29, 0.717) is 36.6 Å². The van der Waals surface area contributed by atoms with Crippen LogP contribution in [0.2, 0.25) is 0 Å². The first kappa shape index (κ1) is 19.9. The Morgan fingerprint density at radius 3 is 2.70 bits per heavy atom. The van der Waals surface area contributed by atoms with Crippen molar-refractivity contribution in [1.29, 1.82) is 0 Å². The van der Waals surface area contributed by atoms with Crippen molar-refractivity contribution in [3.8, 4) is 5.75 Å². The molecule has 0 radical (unpaired) electrons. The number of primary amides is 1. The number of amides is 3. The van der Waals surface area contributed by atoms with Crippen molar-refractivity contribution in [2.45, 2.75) is 12.3 Å². The Balaban J connectivity index is 1.45. The SMILES string of the molecule is NC(=O)N1CCc2c1ccc1[nH]c(C(=O)N3C[C@@H](CCl)c4c3cc(O)c3ccccc43)nc21. The number of imidazole rings is 1. The van der Waals surface area contributed by atoms with Gasteiger partial charge in [0.25, 0.3) is 5.91 Å². The molecule has 4 aromatic rings. The van der Waals surface area contributed by atoms with Crippen molar-refractivity contribution in [3.05, 3.63) is 59.4 Å². The van der Waals surface area contributed by atoms with Gasteiger partial charge in [-0.15, -0.1) is 11.6 Å². The number of phenolic OH excluding ortho intramolecular Hbond substituents is 1. The summed E-state index contributed by atoms with van der Waals surface area (Å²) in [6, 6.07) is 12.3. The number of nitrogens with one attached hydrogen (secondary N) is 1. The highest BCUT2D eigenvalue weighted by molar-refractivity contribution is 6.19. The van der Waals surface area contributed by atoms with Crippen molar-refractivity contribution >= 4 is 56.7 Å². The van der Waals surface area contributed by atoms with E-state index < -0.39 is 6.03 Å². The highest BCUT2D eigenvalue weighted by atomic mass is 35.5. The number of anilines is 2. The fraction of sp³-hybridized carbons (Fsp3) is 0.208. The molecule has 166 valence electrons. The Hall–Kier alpha value is -3.78. The first-order chi connectivity index (χ1) is 16.0. The molecule has 0 aliphatic carbocycles. The second-order valence-electron chi connectivity index (χ2n) is 8.43. The second-order valence-corrected chi connectivity index (χ2v) is 8.73. The molecule has 9 heteroatoms. The molecule has 3 amide bonds. The lowest BCUT2D eigenvalue weighted by atomic mass is 9.95. The number of urea groups is 1. The van der Waals surface area contributed by atoms with Gasteiger partial charge in [0.05, 0.1) is 22.4 Å². The highest BCUT2D eigenvalue weighted by Gasteiger charge is 2.36. The van der Waals surface area contributed by atoms with Crippen LogP contribution in [0, 0.1) is 0 Å². The number of hydrogen-bond acceptors (Lipinski definition) is 4. The number of aromatic amines is 1. The van der Waals surface area contributed by atoms with E-state index in [4.69, 9.17) is 17.3 Å². The topological polar surface area (TPSA) is 116 Å². The first-order valence-electron chi connectivity index (χ1n) is 10.7. The zero-order valence-corrected chi connectivity index (χ0v) is 18.3. The van der Waals surface area contributed by atoms with Gasteiger partial charge in [-0.05, 0) is 29.5 Å². The first-order valence-corrected chi connectivity index (χ1v) is 11.2. The summed E-state index contributed by atoms with van der Waals surface area (Å²) in [7, 11) is 0. The van der Waals surface area contributed by atoms with Gasteiger partial charge in [0.15, 0.2) is 5.82 Å². The number of rotatable bonds is 2. The molecular weight excluding hydrogens is 442 g/mol. The van der Waals surface area contributed by atoms with E-state index in [-0.39, 0.29) is 23.4 Å². The Bertz CT molecular complexity index is 1480. The lowest BCUT2D eigenvalue weighted by Crippen LogP contribution is -2.33. The van der Waals surface area contributed by atoms with Gasteiger partial charge in [-0.1, -0.05) is 24.3 Å². The summed E-state index contributed by atoms with van der Waals surface area (Å²) in [6.45, 7) is 0.888. The number of halogens is 1. The minimum absolute atomic E-state index is 0.0612. The van der Waals surface area contributed by atoms with Crippen LogP contribution in [-0.4, -0.2) is 46.0 Å². The number of hydrogen-bond donors (Lipinski definition) is 3. The predicted octanol–water partition coefficient (Wildman–Crippen LogP) is 3.85. The fourth-order valence-electron chi connectivity index (χ4n) is 5.17. The molecular formula is C24H20ClN5O3. The lowest BCUT2D eigenvalue weighted by Gasteiger charge is -2.17. The smallest absolute Gasteiger partial charge is 0.319 e. The van der Waals surface area contributed by atoms with Crippen LogP contribution in [-0.2, 0) is 6.42 Å². The van der Waals surface area contributed by atoms with Crippen LogP contribution in [0.15, 0.2) is 42.5 Å². The van der Waals surface area contributed by atoms with Gasteiger partial charge in [0.2, 0.25) is 0 Å². The molecule has 0 bridgehead atoms. The molecule has 3 aromatic carbocycles. The van der Waals surface area contributed by atoms with Gasteiger partial charge in [0.1, 0.15) is 5.75 Å². The third-order valence-electron chi connectivity index (χ3n) is 6.66. The van der Waals surface area contributed by atoms with Crippen molar-refractivity contribution in [3.63, 3.8) is 0 Å². The highest BCUT2D eigenvalue weighted by Crippen LogP contribution is 2.45. The Morgan fingerprint density at radius 1 is 1.15 bits per heavy atom. The number of carbonyl (C=O) groups excluding carboxylic acids is 2. The summed E-state index contributed by atoms with van der Waals surface area (Å²) in [6.07, 6.45) is 0.620. The average molecular weight is 462 g/mol. The molecule has 0 unspecified atom stereocenters. The van der Waals surface area contributed by atoms with Gasteiger partial charge in [-0.3, -0.25) is 9.69 Å². The molecule has 4 N–H and O–H groups in total. The summed E-state index contributed by atoms with van der Waals surface area (Å²) >= 11 is 6.29. The number of fused-ring (bicyclic) bond motifs is 6. The molecule has 1 atom stereocenters. The number of phenols is 1. The van der Waals surface area contributed by atoms with Crippen LogP contribution in [0.3, 0.4) is 0 Å². The van der Waals surface area contributed by atoms with Crippen LogP contribution < -0.4 is 15.5 Å². The van der Waals surface area contributed by atoms with E-state index in [9.17, 15) is 14.7 Å². The van der Waals surface area contributed by atoms with Gasteiger partial charge in [0, 0.05) is 41.9 Å². The number of H-pyrrole nitrogens is 1. The Morgan fingerprint density at radius 2 is 1.94 bits per heavy atom. The second kappa shape index (κ2) is 7.11. The fourth-order valence-corrected chi connectivity index (χ4v) is 5.42. The number of nitrogens with zero attached hydrogens (tertiary/aromatic N) is 3. The standard InChI is InChI=1S/C24H20ClN5O3/c25-10-12-11-30(18-9-19(31)13-3-1-2-4-14(13)20(12)18)23(32)22-27-16-5-6-17-15(21(16)28-22)7-8-29(17)24(26)33/h1-6,9,12,31H,7-8,10-11H2,(H2,26,33)(H,27,28)/t12-/m1/s1. The summed E-state index contributed by atoms with van der Waals surface area (Å²) in [5.74, 6) is 0.306. The molecule has 33 heavy (non-hydrogen) atoms. The van der Waals surface area contributed by atoms with Gasteiger partial charge >= 0.3 is 6.03 Å². The van der Waals surface area contributed by atoms with E-state index in [0.717, 1.165) is 33.1 Å². The summed E-state index contributed by atoms with van der Waals surface area (Å²) in [4.78, 5) is 36.2. The number of carbonyl (C=O) groups is 2. The van der Waals surface area contributed by atoms with E-state index in [1.165, 1.54) is 4.90 Å². The van der Waals surface area contributed by atoms with Gasteiger partial charge in [-0.2, -0.15) is 0 Å². The van der Waals surface area contributed by atoms with E-state index in [1.807, 2.05) is 30.3 Å². The Labute approximate surface area is 193 Å². The maximum atomic E-state index is 13.6. The molecule has 3 heterocycles. The molecule has 0 saturated heterocycles. The maximum absolute atomic E-state index is 13.6. The number of aromatic hydroxyl groups is 1. The minimum Gasteiger partial charge on any atom is -0.507 e. The van der Waals surface area contributed by atoms with Gasteiger partial charge < -0.3 is 20.7 Å². The molecule has 8 nitrogen and oxygen atoms in total. The van der Waals surface area contributed by atoms with E-state index in [2.05, 4.69) is 9.97 Å². The quantitative estimate of drug-likeness (QED) is 0.393. The van der Waals surface area contributed by atoms with Crippen LogP contribution in [0.5, 0.6) is 5.75 Å².